The highest BCUT2D eigenvalue weighted by Gasteiger charge is 2.24. The van der Waals surface area contributed by atoms with E-state index in [4.69, 9.17) is 18.9 Å². The number of carbonyl (C=O) groups excluding carboxylic acids is 2. The molecule has 2 atom stereocenters. The molecular formula is C50H76NO8+. The summed E-state index contributed by atoms with van der Waals surface area (Å²) in [7, 11) is 5.89. The van der Waals surface area contributed by atoms with Gasteiger partial charge in [0.2, 0.25) is 0 Å². The lowest BCUT2D eigenvalue weighted by molar-refractivity contribution is -0.870. The lowest BCUT2D eigenvalue weighted by atomic mass is 10.2. The predicted molar refractivity (Wildman–Crippen MR) is 244 cm³/mol. The van der Waals surface area contributed by atoms with Crippen molar-refractivity contribution in [3.63, 3.8) is 0 Å². The Hall–Kier alpha value is -4.57. The van der Waals surface area contributed by atoms with Crippen LogP contribution in [0.1, 0.15) is 104 Å². The summed E-state index contributed by atoms with van der Waals surface area (Å²) in [6, 6.07) is 0. The molecule has 0 heterocycles. The Morgan fingerprint density at radius 2 is 0.898 bits per heavy atom. The van der Waals surface area contributed by atoms with Crippen molar-refractivity contribution in [2.45, 2.75) is 116 Å². The minimum Gasteiger partial charge on any atom is -0.477 e. The molecule has 0 aliphatic carbocycles. The SMILES string of the molecule is CC/C=C\C/C=C\C/C=C\C/C=C\C/C=C\C/C=C\CCC(=O)OC(COC(=O)C/C=C\C/C=C\C/C=C\C/C=C\C/C=C\CC)COC(OCC[N+](C)(C)C)C(=O)O. The number of carboxylic acids is 1. The van der Waals surface area contributed by atoms with Crippen LogP contribution < -0.4 is 0 Å². The van der Waals surface area contributed by atoms with E-state index < -0.39 is 30.3 Å². The first-order chi connectivity index (χ1) is 28.6. The molecule has 0 rings (SSSR count). The molecule has 328 valence electrons. The van der Waals surface area contributed by atoms with Gasteiger partial charge in [0.15, 0.2) is 6.10 Å². The van der Waals surface area contributed by atoms with Crippen LogP contribution in [0.25, 0.3) is 0 Å². The number of aliphatic carboxylic acids is 1. The number of rotatable bonds is 36. The van der Waals surface area contributed by atoms with Gasteiger partial charge in [-0.1, -0.05) is 148 Å². The molecule has 9 nitrogen and oxygen atoms in total. The summed E-state index contributed by atoms with van der Waals surface area (Å²) in [5.41, 5.74) is 0. The van der Waals surface area contributed by atoms with Crippen molar-refractivity contribution in [3.05, 3.63) is 134 Å². The van der Waals surface area contributed by atoms with Gasteiger partial charge in [-0.25, -0.2) is 4.79 Å². The number of ether oxygens (including phenoxy) is 4. The van der Waals surface area contributed by atoms with Crippen LogP contribution in [0.4, 0.5) is 0 Å². The summed E-state index contributed by atoms with van der Waals surface area (Å²) in [6.07, 6.45) is 54.2. The fourth-order valence-electron chi connectivity index (χ4n) is 4.70. The molecule has 59 heavy (non-hydrogen) atoms. The minimum absolute atomic E-state index is 0.0453. The van der Waals surface area contributed by atoms with Crippen molar-refractivity contribution in [1.82, 2.24) is 0 Å². The first kappa shape index (κ1) is 54.4. The molecule has 0 aromatic carbocycles. The fraction of sp³-hybridized carbons (Fsp3) is 0.500. The smallest absolute Gasteiger partial charge is 0.361 e. The number of nitrogens with zero attached hydrogens (tertiary/aromatic N) is 1. The molecule has 9 heteroatoms. The molecule has 0 aliphatic rings. The Kier molecular flexibility index (Phi) is 37.1. The highest BCUT2D eigenvalue weighted by atomic mass is 16.7. The Balaban J connectivity index is 4.76. The first-order valence-electron chi connectivity index (χ1n) is 21.3. The first-order valence-corrected chi connectivity index (χ1v) is 21.3. The number of likely N-dealkylation sites (N-methyl/N-ethyl adjacent to an activating group) is 1. The van der Waals surface area contributed by atoms with Crippen LogP contribution in [0.2, 0.25) is 0 Å². The zero-order valence-electron chi connectivity index (χ0n) is 36.8. The number of hydrogen-bond acceptors (Lipinski definition) is 7. The van der Waals surface area contributed by atoms with Gasteiger partial charge >= 0.3 is 17.9 Å². The fourth-order valence-corrected chi connectivity index (χ4v) is 4.70. The molecule has 0 saturated heterocycles. The monoisotopic (exact) mass is 819 g/mol. The molecular weight excluding hydrogens is 743 g/mol. The summed E-state index contributed by atoms with van der Waals surface area (Å²) in [5, 5.41) is 9.62. The van der Waals surface area contributed by atoms with Crippen LogP contribution in [0.15, 0.2) is 134 Å². The number of allylic oxidation sites excluding steroid dienone is 21. The van der Waals surface area contributed by atoms with Gasteiger partial charge in [-0.2, -0.15) is 0 Å². The second-order valence-electron chi connectivity index (χ2n) is 14.5. The normalized spacial score (nSPS) is 14.3. The third-order valence-corrected chi connectivity index (χ3v) is 7.95. The van der Waals surface area contributed by atoms with E-state index in [0.29, 0.717) is 23.9 Å². The van der Waals surface area contributed by atoms with Gasteiger partial charge in [0.05, 0.1) is 40.8 Å². The predicted octanol–water partition coefficient (Wildman–Crippen LogP) is 11.2. The topological polar surface area (TPSA) is 108 Å². The van der Waals surface area contributed by atoms with E-state index in [1.807, 2.05) is 45.4 Å². The standard InChI is InChI=1S/C50H75NO8/c1-6-8-10-12-14-16-18-20-22-23-24-25-27-29-31-33-35-37-39-41-48(53)59-46(45-58-50(49(54)55)56-43-42-51(3,4)5)44-57-47(52)40-38-36-34-32-30-28-26-21-19-17-15-13-11-9-7-2/h8-11,14-17,20-22,24-26,29-32,35-38,46,50H,6-7,12-13,18-19,23,27-28,33-34,39-45H2,1-5H3/p+1/b10-8-,11-9-,16-14-,17-15-,22-20-,25-24-,26-21-,31-29-,32-30-,37-35-,38-36-. The molecule has 0 fully saturated rings. The van der Waals surface area contributed by atoms with E-state index in [0.717, 1.165) is 64.2 Å². The maximum absolute atomic E-state index is 12.7. The van der Waals surface area contributed by atoms with Gasteiger partial charge in [0.1, 0.15) is 13.2 Å². The van der Waals surface area contributed by atoms with Crippen LogP contribution in [-0.2, 0) is 33.3 Å². The van der Waals surface area contributed by atoms with Gasteiger partial charge in [0.25, 0.3) is 6.29 Å². The Morgan fingerprint density at radius 1 is 0.508 bits per heavy atom. The summed E-state index contributed by atoms with van der Waals surface area (Å²) < 4.78 is 22.4. The van der Waals surface area contributed by atoms with Crippen molar-refractivity contribution >= 4 is 17.9 Å². The molecule has 0 amide bonds. The summed E-state index contributed by atoms with van der Waals surface area (Å²) in [5.74, 6) is -2.31. The van der Waals surface area contributed by atoms with Gasteiger partial charge in [0, 0.05) is 6.42 Å². The summed E-state index contributed by atoms with van der Waals surface area (Å²) >= 11 is 0. The molecule has 0 spiro atoms. The quantitative estimate of drug-likeness (QED) is 0.0288. The van der Waals surface area contributed by atoms with E-state index in [2.05, 4.69) is 117 Å². The Bertz CT molecular complexity index is 1420. The van der Waals surface area contributed by atoms with E-state index in [1.165, 1.54) is 0 Å². The second kappa shape index (κ2) is 40.2. The van der Waals surface area contributed by atoms with Crippen molar-refractivity contribution in [2.75, 3.05) is 47.5 Å². The van der Waals surface area contributed by atoms with Crippen molar-refractivity contribution < 1.29 is 42.9 Å². The number of quaternary nitrogens is 1. The second-order valence-corrected chi connectivity index (χ2v) is 14.5. The van der Waals surface area contributed by atoms with Crippen LogP contribution in [0.5, 0.6) is 0 Å². The lowest BCUT2D eigenvalue weighted by Crippen LogP contribution is -2.40. The van der Waals surface area contributed by atoms with E-state index in [9.17, 15) is 19.5 Å². The number of carbonyl (C=O) groups is 3. The minimum atomic E-state index is -1.56. The zero-order chi connectivity index (χ0) is 43.5. The van der Waals surface area contributed by atoms with Crippen molar-refractivity contribution in [2.24, 2.45) is 0 Å². The number of esters is 2. The molecule has 0 aromatic heterocycles. The zero-order valence-corrected chi connectivity index (χ0v) is 36.8. The van der Waals surface area contributed by atoms with E-state index in [-0.39, 0.29) is 32.7 Å². The highest BCUT2D eigenvalue weighted by Crippen LogP contribution is 2.07. The number of hydrogen-bond donors (Lipinski definition) is 1. The number of carboxylic acid groups (broad SMARTS) is 1. The Morgan fingerprint density at radius 3 is 1.29 bits per heavy atom. The van der Waals surface area contributed by atoms with Crippen LogP contribution in [-0.4, -0.2) is 87.4 Å². The average molecular weight is 819 g/mol. The van der Waals surface area contributed by atoms with Crippen molar-refractivity contribution in [1.29, 1.82) is 0 Å². The van der Waals surface area contributed by atoms with Gasteiger partial charge in [-0.15, -0.1) is 0 Å². The van der Waals surface area contributed by atoms with E-state index >= 15 is 0 Å². The van der Waals surface area contributed by atoms with Gasteiger partial charge in [-0.05, 0) is 77.0 Å². The van der Waals surface area contributed by atoms with E-state index in [1.54, 1.807) is 6.08 Å². The third-order valence-electron chi connectivity index (χ3n) is 7.95. The molecule has 2 unspecified atom stereocenters. The maximum atomic E-state index is 12.7. The Labute approximate surface area is 357 Å². The van der Waals surface area contributed by atoms with Crippen molar-refractivity contribution in [3.8, 4) is 0 Å². The van der Waals surface area contributed by atoms with Crippen LogP contribution >= 0.6 is 0 Å². The lowest BCUT2D eigenvalue weighted by Gasteiger charge is -2.25. The molecule has 1 N–H and O–H groups in total. The highest BCUT2D eigenvalue weighted by molar-refractivity contribution is 5.72. The molecule has 0 saturated carbocycles. The summed E-state index contributed by atoms with van der Waals surface area (Å²) in [6.45, 7) is 4.38. The molecule has 0 radical (unpaired) electrons. The summed E-state index contributed by atoms with van der Waals surface area (Å²) in [4.78, 5) is 37.0. The average Bonchev–Trinajstić information content (AvgIpc) is 3.19. The van der Waals surface area contributed by atoms with Gasteiger partial charge < -0.3 is 28.5 Å². The molecule has 0 aromatic rings. The van der Waals surface area contributed by atoms with Crippen LogP contribution in [0.3, 0.4) is 0 Å². The largest absolute Gasteiger partial charge is 0.477 e. The molecule has 0 bridgehead atoms. The molecule has 0 aliphatic heterocycles. The van der Waals surface area contributed by atoms with Gasteiger partial charge in [-0.3, -0.25) is 9.59 Å². The maximum Gasteiger partial charge on any atom is 0.361 e. The van der Waals surface area contributed by atoms with Crippen LogP contribution in [0, 0.1) is 0 Å². The third kappa shape index (κ3) is 41.4.